The number of nitrogens with zero attached hydrogens (tertiary/aromatic N) is 1. The predicted molar refractivity (Wildman–Crippen MR) is 95.7 cm³/mol. The number of fused-ring (bicyclic) bond motifs is 1. The van der Waals surface area contributed by atoms with E-state index in [2.05, 4.69) is 31.2 Å². The maximum atomic E-state index is 13.8. The third-order valence-corrected chi connectivity index (χ3v) is 5.24. The van der Waals surface area contributed by atoms with E-state index in [9.17, 15) is 18.8 Å². The van der Waals surface area contributed by atoms with Crippen molar-refractivity contribution in [1.82, 2.24) is 15.3 Å². The van der Waals surface area contributed by atoms with Crippen LogP contribution in [0.15, 0.2) is 33.4 Å². The first kappa shape index (κ1) is 17.9. The zero-order valence-corrected chi connectivity index (χ0v) is 15.8. The van der Waals surface area contributed by atoms with Crippen LogP contribution in [0.1, 0.15) is 27.4 Å². The number of ether oxygens (including phenoxy) is 1. The Morgan fingerprint density at radius 1 is 1.30 bits per heavy atom. The van der Waals surface area contributed by atoms with Crippen molar-refractivity contribution in [3.63, 3.8) is 0 Å². The topological polar surface area (TPSA) is 101 Å². The minimum atomic E-state index is -0.758. The first-order chi connectivity index (χ1) is 12.9. The molecule has 1 fully saturated rings. The number of cyclic esters (lactones) is 1. The summed E-state index contributed by atoms with van der Waals surface area (Å²) in [6.45, 7) is 0.219. The van der Waals surface area contributed by atoms with Gasteiger partial charge in [0, 0.05) is 12.0 Å². The Balaban J connectivity index is 1.71. The smallest absolute Gasteiger partial charge is 0.328 e. The van der Waals surface area contributed by atoms with E-state index >= 15 is 0 Å². The lowest BCUT2D eigenvalue weighted by molar-refractivity contribution is -0.139. The Bertz CT molecular complexity index is 1050. The van der Waals surface area contributed by atoms with E-state index in [0.29, 0.717) is 12.0 Å². The van der Waals surface area contributed by atoms with Crippen LogP contribution in [-0.4, -0.2) is 40.2 Å². The fourth-order valence-electron chi connectivity index (χ4n) is 2.85. The molecule has 0 saturated carbocycles. The van der Waals surface area contributed by atoms with Crippen LogP contribution < -0.4 is 5.32 Å². The summed E-state index contributed by atoms with van der Waals surface area (Å²) >= 11 is 9.12. The number of hydrogen-bond donors (Lipinski definition) is 2. The van der Waals surface area contributed by atoms with Gasteiger partial charge in [-0.1, -0.05) is 11.6 Å². The standard InChI is InChI=1S/C17H10BrClFN3O4/c18-7-2-1-6(5-8(7)20)16-22-12-13(23-16)15(25)11(10(19)14(12)24)21-9-3-4-27-17(9)26/h1-2,5,9,21H,3-4H2,(H,22,23)/t9-/m0/s1. The highest BCUT2D eigenvalue weighted by atomic mass is 79.9. The van der Waals surface area contributed by atoms with Crippen LogP contribution in [0.2, 0.25) is 0 Å². The molecular weight excluding hydrogens is 445 g/mol. The largest absolute Gasteiger partial charge is 0.464 e. The number of Topliss-reactive ketones (excluding diaryl/α,β-unsaturated/α-hetero) is 2. The number of carbonyl (C=O) groups is 3. The maximum Gasteiger partial charge on any atom is 0.328 e. The highest BCUT2D eigenvalue weighted by Crippen LogP contribution is 2.30. The summed E-state index contributed by atoms with van der Waals surface area (Å²) in [4.78, 5) is 43.8. The second-order valence-corrected chi connectivity index (χ2v) is 7.17. The first-order valence-electron chi connectivity index (χ1n) is 7.84. The number of nitrogens with one attached hydrogen (secondary N) is 2. The Morgan fingerprint density at radius 3 is 2.74 bits per heavy atom. The second-order valence-electron chi connectivity index (χ2n) is 5.94. The molecule has 7 nitrogen and oxygen atoms in total. The number of halogens is 3. The van der Waals surface area contributed by atoms with Gasteiger partial charge in [-0.05, 0) is 34.1 Å². The summed E-state index contributed by atoms with van der Waals surface area (Å²) in [6.07, 6.45) is 0.352. The van der Waals surface area contributed by atoms with Gasteiger partial charge >= 0.3 is 5.97 Å². The zero-order valence-electron chi connectivity index (χ0n) is 13.4. The minimum Gasteiger partial charge on any atom is -0.464 e. The lowest BCUT2D eigenvalue weighted by Crippen LogP contribution is -2.38. The maximum absolute atomic E-state index is 13.8. The number of imidazole rings is 1. The van der Waals surface area contributed by atoms with E-state index < -0.39 is 29.4 Å². The molecule has 1 saturated heterocycles. The number of hydrogen-bond acceptors (Lipinski definition) is 6. The normalized spacial score (nSPS) is 19.4. The van der Waals surface area contributed by atoms with E-state index in [4.69, 9.17) is 16.3 Å². The SMILES string of the molecule is O=C1C(N[C@H]2CCOC2=O)=C(Cl)C(=O)c2[nH]c(-c3ccc(Br)c(F)c3)nc21. The highest BCUT2D eigenvalue weighted by Gasteiger charge is 2.38. The van der Waals surface area contributed by atoms with Gasteiger partial charge < -0.3 is 15.0 Å². The van der Waals surface area contributed by atoms with Crippen molar-refractivity contribution in [3.05, 3.63) is 50.6 Å². The molecule has 1 atom stereocenters. The molecule has 0 radical (unpaired) electrons. The van der Waals surface area contributed by atoms with Crippen molar-refractivity contribution < 1.29 is 23.5 Å². The van der Waals surface area contributed by atoms with Gasteiger partial charge in [0.25, 0.3) is 0 Å². The second kappa shape index (κ2) is 6.58. The van der Waals surface area contributed by atoms with Crippen LogP contribution in [0.5, 0.6) is 0 Å². The Morgan fingerprint density at radius 2 is 2.07 bits per heavy atom. The predicted octanol–water partition coefficient (Wildman–Crippen LogP) is 2.71. The zero-order chi connectivity index (χ0) is 19.3. The number of carbonyl (C=O) groups excluding carboxylic acids is 3. The molecule has 4 rings (SSSR count). The fraction of sp³-hybridized carbons (Fsp3) is 0.176. The number of esters is 1. The molecule has 1 aromatic heterocycles. The number of allylic oxidation sites excluding steroid dienone is 2. The number of rotatable bonds is 3. The summed E-state index contributed by atoms with van der Waals surface area (Å²) in [5.41, 5.74) is -0.0618. The van der Waals surface area contributed by atoms with Crippen molar-refractivity contribution in [1.29, 1.82) is 0 Å². The molecule has 138 valence electrons. The minimum absolute atomic E-state index is 0.0807. The average molecular weight is 455 g/mol. The third kappa shape index (κ3) is 2.96. The molecule has 2 aromatic rings. The molecule has 2 N–H and O–H groups in total. The molecule has 0 amide bonds. The average Bonchev–Trinajstić information content (AvgIpc) is 3.26. The van der Waals surface area contributed by atoms with E-state index in [1.165, 1.54) is 12.1 Å². The highest BCUT2D eigenvalue weighted by molar-refractivity contribution is 9.10. The molecule has 1 aliphatic carbocycles. The van der Waals surface area contributed by atoms with Crippen molar-refractivity contribution >= 4 is 45.1 Å². The summed E-state index contributed by atoms with van der Waals surface area (Å²) in [6, 6.07) is 3.52. The van der Waals surface area contributed by atoms with Gasteiger partial charge in [0.1, 0.15) is 39.8 Å². The number of H-pyrrole nitrogens is 1. The van der Waals surface area contributed by atoms with Crippen LogP contribution in [-0.2, 0) is 9.53 Å². The van der Waals surface area contributed by atoms with Crippen molar-refractivity contribution in [2.75, 3.05) is 6.61 Å². The van der Waals surface area contributed by atoms with Gasteiger partial charge in [-0.15, -0.1) is 0 Å². The van der Waals surface area contributed by atoms with E-state index in [-0.39, 0.29) is 39.0 Å². The van der Waals surface area contributed by atoms with Gasteiger partial charge in [0.15, 0.2) is 0 Å². The molecule has 0 bridgehead atoms. The third-order valence-electron chi connectivity index (χ3n) is 4.24. The summed E-state index contributed by atoms with van der Waals surface area (Å²) < 4.78 is 18.9. The van der Waals surface area contributed by atoms with Crippen LogP contribution in [0, 0.1) is 5.82 Å². The van der Waals surface area contributed by atoms with Crippen LogP contribution in [0.4, 0.5) is 4.39 Å². The van der Waals surface area contributed by atoms with Gasteiger partial charge in [-0.25, -0.2) is 14.2 Å². The quantitative estimate of drug-likeness (QED) is 0.692. The van der Waals surface area contributed by atoms with Crippen LogP contribution in [0.3, 0.4) is 0 Å². The van der Waals surface area contributed by atoms with E-state index in [0.717, 1.165) is 0 Å². The molecular formula is C17H10BrClFN3O4. The summed E-state index contributed by atoms with van der Waals surface area (Å²) in [7, 11) is 0. The van der Waals surface area contributed by atoms with Gasteiger partial charge in [-0.2, -0.15) is 0 Å². The molecule has 0 unspecified atom stereocenters. The Labute approximate surface area is 165 Å². The molecule has 1 aromatic carbocycles. The first-order valence-corrected chi connectivity index (χ1v) is 9.01. The van der Waals surface area contributed by atoms with Gasteiger partial charge in [0.2, 0.25) is 11.6 Å². The Hall–Kier alpha value is -2.52. The number of aromatic amines is 1. The Kier molecular flexibility index (Phi) is 4.35. The molecule has 10 heteroatoms. The van der Waals surface area contributed by atoms with Crippen molar-refractivity contribution in [3.8, 4) is 11.4 Å². The van der Waals surface area contributed by atoms with Crippen LogP contribution in [0.25, 0.3) is 11.4 Å². The number of ketones is 2. The summed E-state index contributed by atoms with van der Waals surface area (Å²) in [5, 5.41) is 2.34. The molecule has 27 heavy (non-hydrogen) atoms. The van der Waals surface area contributed by atoms with E-state index in [1.807, 2.05) is 0 Å². The lowest BCUT2D eigenvalue weighted by atomic mass is 10.0. The molecule has 2 aliphatic rings. The molecule has 1 aliphatic heterocycles. The summed E-state index contributed by atoms with van der Waals surface area (Å²) in [5.74, 6) is -2.16. The van der Waals surface area contributed by atoms with Gasteiger partial charge in [0.05, 0.1) is 11.1 Å². The van der Waals surface area contributed by atoms with Crippen molar-refractivity contribution in [2.45, 2.75) is 12.5 Å². The van der Waals surface area contributed by atoms with Crippen molar-refractivity contribution in [2.24, 2.45) is 0 Å². The number of benzene rings is 1. The number of aromatic nitrogens is 2. The molecule has 0 spiro atoms. The monoisotopic (exact) mass is 453 g/mol. The van der Waals surface area contributed by atoms with Crippen LogP contribution >= 0.6 is 27.5 Å². The lowest BCUT2D eigenvalue weighted by Gasteiger charge is -2.17. The van der Waals surface area contributed by atoms with Gasteiger partial charge in [-0.3, -0.25) is 9.59 Å². The van der Waals surface area contributed by atoms with E-state index in [1.54, 1.807) is 6.07 Å². The fourth-order valence-corrected chi connectivity index (χ4v) is 3.33. The molecule has 2 heterocycles.